The number of hydrogen-bond donors (Lipinski definition) is 3. The van der Waals surface area contributed by atoms with Gasteiger partial charge in [-0.05, 0) is 51.5 Å². The summed E-state index contributed by atoms with van der Waals surface area (Å²) in [6, 6.07) is -0.0140. The highest BCUT2D eigenvalue weighted by molar-refractivity contribution is 5.87. The number of hydrogen-bond acceptors (Lipinski definition) is 6. The van der Waals surface area contributed by atoms with Crippen LogP contribution in [-0.2, 0) is 19.1 Å². The molecule has 0 spiro atoms. The first-order chi connectivity index (χ1) is 16.0. The monoisotopic (exact) mass is 477 g/mol. The summed E-state index contributed by atoms with van der Waals surface area (Å²) in [7, 11) is 0. The van der Waals surface area contributed by atoms with E-state index >= 15 is 0 Å². The number of aliphatic hydroxyl groups is 2. The fourth-order valence-corrected chi connectivity index (χ4v) is 4.44. The molecule has 2 aliphatic rings. The van der Waals surface area contributed by atoms with E-state index in [1.54, 1.807) is 12.2 Å². The van der Waals surface area contributed by atoms with Crippen molar-refractivity contribution >= 4 is 11.7 Å². The number of carbonyl (C=O) groups excluding carboxylic acids is 2. The summed E-state index contributed by atoms with van der Waals surface area (Å²) in [6.07, 6.45) is 8.27. The van der Waals surface area contributed by atoms with Gasteiger partial charge in [-0.2, -0.15) is 0 Å². The number of aliphatic hydroxyl groups excluding tert-OH is 2. The van der Waals surface area contributed by atoms with E-state index < -0.39 is 18.3 Å². The van der Waals surface area contributed by atoms with E-state index in [4.69, 9.17) is 9.47 Å². The minimum Gasteiger partial charge on any atom is -0.390 e. The standard InChI is InChI=1S/C27H43NO6/c1-16(2)7-12-26(31)28-22-13-18(4)24(33-20(22)6)10-8-17(3)9-11-25-27(32)23(30)15-21(34-25)14-19(5)29/h7-9,11-12,16,18,20-25,27,30,32H,10,13-15H2,1-6H3,(H,28,31)/b11-9+,12-7-,17-8+/t18-,20+,21+,22+,23-,24-,25+,27-/m0/s1. The Morgan fingerprint density at radius 2 is 1.79 bits per heavy atom. The minimum absolute atomic E-state index is 0.00273. The van der Waals surface area contributed by atoms with E-state index in [0.717, 1.165) is 18.4 Å². The van der Waals surface area contributed by atoms with Gasteiger partial charge in [0.15, 0.2) is 0 Å². The molecule has 2 heterocycles. The second kappa shape index (κ2) is 13.3. The third-order valence-electron chi connectivity index (χ3n) is 6.50. The summed E-state index contributed by atoms with van der Waals surface area (Å²) in [6.45, 7) is 11.7. The molecule has 7 heteroatoms. The Kier molecular flexibility index (Phi) is 11.2. The van der Waals surface area contributed by atoms with Gasteiger partial charge in [0, 0.05) is 12.8 Å². The number of rotatable bonds is 9. The lowest BCUT2D eigenvalue weighted by atomic mass is 9.88. The Hall–Kier alpha value is -1.80. The van der Waals surface area contributed by atoms with Crippen molar-refractivity contribution in [1.82, 2.24) is 5.32 Å². The lowest BCUT2D eigenvalue weighted by Gasteiger charge is -2.39. The smallest absolute Gasteiger partial charge is 0.243 e. The van der Waals surface area contributed by atoms with Gasteiger partial charge in [0.25, 0.3) is 0 Å². The molecule has 0 bridgehead atoms. The highest BCUT2D eigenvalue weighted by atomic mass is 16.5. The maximum atomic E-state index is 12.2. The molecule has 2 saturated heterocycles. The predicted octanol–water partition coefficient (Wildman–Crippen LogP) is 3.25. The molecule has 0 radical (unpaired) electrons. The Bertz CT molecular complexity index is 773. The van der Waals surface area contributed by atoms with Gasteiger partial charge >= 0.3 is 0 Å². The van der Waals surface area contributed by atoms with Gasteiger partial charge in [0.2, 0.25) is 5.91 Å². The molecule has 2 fully saturated rings. The first-order valence-corrected chi connectivity index (χ1v) is 12.5. The number of Topliss-reactive ketones (excluding diaryl/α,β-unsaturated/α-hetero) is 1. The highest BCUT2D eigenvalue weighted by Gasteiger charge is 2.36. The van der Waals surface area contributed by atoms with Crippen LogP contribution in [0.5, 0.6) is 0 Å². The van der Waals surface area contributed by atoms with Crippen LogP contribution in [0.25, 0.3) is 0 Å². The van der Waals surface area contributed by atoms with Crippen molar-refractivity contribution < 1.29 is 29.3 Å². The number of amides is 1. The number of nitrogens with one attached hydrogen (secondary N) is 1. The molecule has 8 atom stereocenters. The van der Waals surface area contributed by atoms with Crippen molar-refractivity contribution in [2.75, 3.05) is 0 Å². The fraction of sp³-hybridized carbons (Fsp3) is 0.704. The average molecular weight is 478 g/mol. The quantitative estimate of drug-likeness (QED) is 0.348. The van der Waals surface area contributed by atoms with Gasteiger partial charge in [-0.1, -0.05) is 50.6 Å². The van der Waals surface area contributed by atoms with E-state index in [0.29, 0.717) is 5.92 Å². The van der Waals surface area contributed by atoms with Crippen LogP contribution in [0.15, 0.2) is 36.0 Å². The van der Waals surface area contributed by atoms with Gasteiger partial charge in [0.1, 0.15) is 18.0 Å². The molecule has 0 aromatic heterocycles. The predicted molar refractivity (Wildman–Crippen MR) is 132 cm³/mol. The van der Waals surface area contributed by atoms with Crippen molar-refractivity contribution in [2.45, 2.75) is 110 Å². The second-order valence-electron chi connectivity index (χ2n) is 10.3. The summed E-state index contributed by atoms with van der Waals surface area (Å²) in [5, 5.41) is 23.4. The number of ketones is 1. The van der Waals surface area contributed by atoms with E-state index in [9.17, 15) is 19.8 Å². The summed E-state index contributed by atoms with van der Waals surface area (Å²) >= 11 is 0. The lowest BCUT2D eigenvalue weighted by Crippen LogP contribution is -2.50. The normalized spacial score (nSPS) is 35.3. The summed E-state index contributed by atoms with van der Waals surface area (Å²) in [5.74, 6) is 0.535. The minimum atomic E-state index is -1.02. The van der Waals surface area contributed by atoms with Crippen LogP contribution in [-0.4, -0.2) is 64.6 Å². The van der Waals surface area contributed by atoms with Crippen molar-refractivity contribution in [3.8, 4) is 0 Å². The van der Waals surface area contributed by atoms with Crippen LogP contribution >= 0.6 is 0 Å². The zero-order chi connectivity index (χ0) is 25.4. The Labute approximate surface area is 204 Å². The molecule has 34 heavy (non-hydrogen) atoms. The zero-order valence-corrected chi connectivity index (χ0v) is 21.4. The number of carbonyl (C=O) groups is 2. The van der Waals surface area contributed by atoms with E-state index in [1.807, 2.05) is 39.8 Å². The first-order valence-electron chi connectivity index (χ1n) is 12.5. The highest BCUT2D eigenvalue weighted by Crippen LogP contribution is 2.28. The Balaban J connectivity index is 1.89. The average Bonchev–Trinajstić information content (AvgIpc) is 2.74. The maximum Gasteiger partial charge on any atom is 0.243 e. The lowest BCUT2D eigenvalue weighted by molar-refractivity contribution is -0.156. The Morgan fingerprint density at radius 3 is 2.44 bits per heavy atom. The van der Waals surface area contributed by atoms with Gasteiger partial charge in [0.05, 0.1) is 30.5 Å². The SMILES string of the molecule is CC(=O)C[C@@H]1C[C@H](O)[C@H](O)[C@@H](/C=C/C(C)=C/C[C@@H]2O[C@H](C)[C@H](NC(=O)/C=C\C(C)C)C[C@@H]2C)O1. The van der Waals surface area contributed by atoms with Crippen LogP contribution in [0.2, 0.25) is 0 Å². The molecule has 1 amide bonds. The van der Waals surface area contributed by atoms with Gasteiger partial charge in [-0.25, -0.2) is 0 Å². The molecular formula is C27H43NO6. The van der Waals surface area contributed by atoms with Crippen molar-refractivity contribution in [2.24, 2.45) is 11.8 Å². The molecular weight excluding hydrogens is 434 g/mol. The topological polar surface area (TPSA) is 105 Å². The molecule has 0 aromatic carbocycles. The van der Waals surface area contributed by atoms with Gasteiger partial charge in [-0.3, -0.25) is 9.59 Å². The van der Waals surface area contributed by atoms with Gasteiger partial charge in [-0.15, -0.1) is 0 Å². The van der Waals surface area contributed by atoms with Crippen LogP contribution in [0, 0.1) is 11.8 Å². The third kappa shape index (κ3) is 9.10. The molecule has 0 aromatic rings. The summed E-state index contributed by atoms with van der Waals surface area (Å²) in [4.78, 5) is 23.5. The van der Waals surface area contributed by atoms with E-state index in [1.165, 1.54) is 6.92 Å². The maximum absolute atomic E-state index is 12.2. The summed E-state index contributed by atoms with van der Waals surface area (Å²) < 4.78 is 12.0. The molecule has 0 unspecified atom stereocenters. The molecule has 7 nitrogen and oxygen atoms in total. The molecule has 2 rings (SSSR count). The van der Waals surface area contributed by atoms with Crippen LogP contribution in [0.3, 0.4) is 0 Å². The van der Waals surface area contributed by atoms with E-state index in [2.05, 4.69) is 18.3 Å². The van der Waals surface area contributed by atoms with Crippen molar-refractivity contribution in [3.63, 3.8) is 0 Å². The van der Waals surface area contributed by atoms with Crippen LogP contribution in [0.1, 0.15) is 67.2 Å². The fourth-order valence-electron chi connectivity index (χ4n) is 4.44. The third-order valence-corrected chi connectivity index (χ3v) is 6.50. The molecule has 0 aliphatic carbocycles. The summed E-state index contributed by atoms with van der Waals surface area (Å²) in [5.41, 5.74) is 0.997. The number of ether oxygens (including phenoxy) is 2. The molecule has 192 valence electrons. The van der Waals surface area contributed by atoms with Crippen molar-refractivity contribution in [3.05, 3.63) is 36.0 Å². The van der Waals surface area contributed by atoms with Crippen LogP contribution < -0.4 is 5.32 Å². The zero-order valence-electron chi connectivity index (χ0n) is 21.4. The molecule has 3 N–H and O–H groups in total. The van der Waals surface area contributed by atoms with Crippen LogP contribution in [0.4, 0.5) is 0 Å². The molecule has 2 aliphatic heterocycles. The first kappa shape index (κ1) is 28.4. The van der Waals surface area contributed by atoms with Crippen molar-refractivity contribution in [1.29, 1.82) is 0 Å². The largest absolute Gasteiger partial charge is 0.390 e. The number of allylic oxidation sites excluding steroid dienone is 3. The molecule has 0 saturated carbocycles. The second-order valence-corrected chi connectivity index (χ2v) is 10.3. The van der Waals surface area contributed by atoms with E-state index in [-0.39, 0.29) is 54.8 Å². The Morgan fingerprint density at radius 1 is 1.09 bits per heavy atom. The van der Waals surface area contributed by atoms with Gasteiger partial charge < -0.3 is 25.0 Å².